The quantitative estimate of drug-likeness (QED) is 0.883. The van der Waals surface area contributed by atoms with Crippen molar-refractivity contribution in [1.82, 2.24) is 10.2 Å². The average molecular weight is 272 g/mol. The van der Waals surface area contributed by atoms with Crippen molar-refractivity contribution in [2.75, 3.05) is 19.6 Å². The molecule has 1 aromatic carbocycles. The first-order valence-corrected chi connectivity index (χ1v) is 8.40. The third-order valence-corrected chi connectivity index (χ3v) is 5.05. The molecular formula is C18H28N2. The monoisotopic (exact) mass is 272 g/mol. The van der Waals surface area contributed by atoms with Crippen molar-refractivity contribution < 1.29 is 0 Å². The van der Waals surface area contributed by atoms with E-state index in [0.717, 1.165) is 18.5 Å². The second-order valence-electron chi connectivity index (χ2n) is 6.54. The van der Waals surface area contributed by atoms with Crippen molar-refractivity contribution in [2.45, 2.75) is 51.1 Å². The molecule has 2 aliphatic rings. The van der Waals surface area contributed by atoms with E-state index in [1.165, 1.54) is 63.7 Å². The number of piperidine rings is 1. The molecule has 2 heteroatoms. The first kappa shape index (κ1) is 14.1. The van der Waals surface area contributed by atoms with Gasteiger partial charge in [0.05, 0.1) is 0 Å². The molecule has 0 aliphatic carbocycles. The molecule has 2 unspecified atom stereocenters. The summed E-state index contributed by atoms with van der Waals surface area (Å²) in [6, 6.07) is 11.8. The molecule has 2 aliphatic heterocycles. The highest BCUT2D eigenvalue weighted by atomic mass is 15.2. The zero-order valence-corrected chi connectivity index (χ0v) is 12.6. The molecule has 3 rings (SSSR count). The maximum atomic E-state index is 3.50. The predicted octanol–water partition coefficient (Wildman–Crippen LogP) is 3.43. The molecule has 1 aromatic rings. The molecule has 0 bridgehead atoms. The number of nitrogens with zero attached hydrogens (tertiary/aromatic N) is 1. The van der Waals surface area contributed by atoms with Crippen LogP contribution in [-0.4, -0.2) is 30.6 Å². The highest BCUT2D eigenvalue weighted by Gasteiger charge is 2.24. The average Bonchev–Trinajstić information content (AvgIpc) is 3.01. The summed E-state index contributed by atoms with van der Waals surface area (Å²) in [5.74, 6) is 0.940. The highest BCUT2D eigenvalue weighted by molar-refractivity contribution is 5.14. The number of hydrogen-bond acceptors (Lipinski definition) is 2. The third kappa shape index (κ3) is 3.83. The lowest BCUT2D eigenvalue weighted by Gasteiger charge is -2.36. The highest BCUT2D eigenvalue weighted by Crippen LogP contribution is 2.25. The van der Waals surface area contributed by atoms with Crippen LogP contribution in [0.25, 0.3) is 0 Å². The van der Waals surface area contributed by atoms with Crippen LogP contribution in [0.3, 0.4) is 0 Å². The van der Waals surface area contributed by atoms with Gasteiger partial charge in [-0.25, -0.2) is 0 Å². The van der Waals surface area contributed by atoms with E-state index in [-0.39, 0.29) is 0 Å². The second kappa shape index (κ2) is 7.24. The van der Waals surface area contributed by atoms with E-state index in [2.05, 4.69) is 40.5 Å². The molecule has 2 heterocycles. The molecule has 1 N–H and O–H groups in total. The van der Waals surface area contributed by atoms with Crippen LogP contribution in [0.4, 0.5) is 0 Å². The van der Waals surface area contributed by atoms with E-state index in [0.29, 0.717) is 0 Å². The first-order chi connectivity index (χ1) is 9.92. The molecule has 0 radical (unpaired) electrons. The van der Waals surface area contributed by atoms with Crippen LogP contribution >= 0.6 is 0 Å². The summed E-state index contributed by atoms with van der Waals surface area (Å²) >= 11 is 0. The van der Waals surface area contributed by atoms with Crippen molar-refractivity contribution in [3.05, 3.63) is 35.9 Å². The topological polar surface area (TPSA) is 15.3 Å². The van der Waals surface area contributed by atoms with E-state index < -0.39 is 0 Å². The molecule has 2 fully saturated rings. The van der Waals surface area contributed by atoms with E-state index in [4.69, 9.17) is 0 Å². The van der Waals surface area contributed by atoms with Crippen LogP contribution in [0.5, 0.6) is 0 Å². The Morgan fingerprint density at radius 1 is 1.05 bits per heavy atom. The molecule has 0 amide bonds. The zero-order chi connectivity index (χ0) is 13.6. The maximum absolute atomic E-state index is 3.50. The standard InChI is InChI=1S/C18H28N2/c1-2-6-17(7-3-1)15-20-13-5-4-8-18(20)10-9-16-11-12-19-14-16/h1-3,6-7,16,18-19H,4-5,8-15H2. The van der Waals surface area contributed by atoms with E-state index in [9.17, 15) is 0 Å². The van der Waals surface area contributed by atoms with Gasteiger partial charge in [-0.3, -0.25) is 4.90 Å². The summed E-state index contributed by atoms with van der Waals surface area (Å²) in [6.45, 7) is 4.94. The second-order valence-corrected chi connectivity index (χ2v) is 6.54. The van der Waals surface area contributed by atoms with Crippen molar-refractivity contribution >= 4 is 0 Å². The minimum absolute atomic E-state index is 0.824. The fourth-order valence-electron chi connectivity index (χ4n) is 3.80. The Morgan fingerprint density at radius 3 is 2.75 bits per heavy atom. The minimum Gasteiger partial charge on any atom is -0.316 e. The molecule has 2 saturated heterocycles. The Balaban J connectivity index is 1.53. The van der Waals surface area contributed by atoms with Crippen LogP contribution in [0, 0.1) is 5.92 Å². The smallest absolute Gasteiger partial charge is 0.0236 e. The number of likely N-dealkylation sites (tertiary alicyclic amines) is 1. The molecule has 20 heavy (non-hydrogen) atoms. The molecule has 2 nitrogen and oxygen atoms in total. The Bertz CT molecular complexity index is 384. The van der Waals surface area contributed by atoms with Gasteiger partial charge in [-0.1, -0.05) is 36.8 Å². The Labute approximate surface area is 123 Å². The van der Waals surface area contributed by atoms with Gasteiger partial charge in [-0.2, -0.15) is 0 Å². The first-order valence-electron chi connectivity index (χ1n) is 8.40. The van der Waals surface area contributed by atoms with E-state index in [1.807, 2.05) is 0 Å². The third-order valence-electron chi connectivity index (χ3n) is 5.05. The van der Waals surface area contributed by atoms with Crippen molar-refractivity contribution in [3.8, 4) is 0 Å². The molecule has 0 aromatic heterocycles. The number of rotatable bonds is 5. The summed E-state index contributed by atoms with van der Waals surface area (Å²) in [5.41, 5.74) is 1.47. The molecular weight excluding hydrogens is 244 g/mol. The van der Waals surface area contributed by atoms with E-state index >= 15 is 0 Å². The van der Waals surface area contributed by atoms with Gasteiger partial charge in [0, 0.05) is 12.6 Å². The van der Waals surface area contributed by atoms with Crippen LogP contribution < -0.4 is 5.32 Å². The van der Waals surface area contributed by atoms with Crippen LogP contribution in [-0.2, 0) is 6.54 Å². The van der Waals surface area contributed by atoms with Gasteiger partial charge in [-0.05, 0) is 63.2 Å². The zero-order valence-electron chi connectivity index (χ0n) is 12.6. The summed E-state index contributed by atoms with van der Waals surface area (Å²) in [4.78, 5) is 2.74. The normalized spacial score (nSPS) is 27.8. The largest absolute Gasteiger partial charge is 0.316 e. The number of nitrogens with one attached hydrogen (secondary N) is 1. The summed E-state index contributed by atoms with van der Waals surface area (Å²) in [5, 5.41) is 3.50. The number of benzene rings is 1. The lowest BCUT2D eigenvalue weighted by atomic mass is 9.92. The fourth-order valence-corrected chi connectivity index (χ4v) is 3.80. The minimum atomic E-state index is 0.824. The SMILES string of the molecule is c1ccc(CN2CCCCC2CCC2CCNC2)cc1. The van der Waals surface area contributed by atoms with Gasteiger partial charge >= 0.3 is 0 Å². The summed E-state index contributed by atoms with van der Waals surface area (Å²) in [7, 11) is 0. The molecule has 110 valence electrons. The fraction of sp³-hybridized carbons (Fsp3) is 0.667. The van der Waals surface area contributed by atoms with Crippen molar-refractivity contribution in [2.24, 2.45) is 5.92 Å². The van der Waals surface area contributed by atoms with Gasteiger partial charge in [0.15, 0.2) is 0 Å². The van der Waals surface area contributed by atoms with Crippen molar-refractivity contribution in [1.29, 1.82) is 0 Å². The van der Waals surface area contributed by atoms with Crippen LogP contribution in [0.1, 0.15) is 44.1 Å². The number of hydrogen-bond donors (Lipinski definition) is 1. The van der Waals surface area contributed by atoms with Gasteiger partial charge in [0.25, 0.3) is 0 Å². The van der Waals surface area contributed by atoms with Crippen LogP contribution in [0.2, 0.25) is 0 Å². The summed E-state index contributed by atoms with van der Waals surface area (Å²) < 4.78 is 0. The molecule has 2 atom stereocenters. The van der Waals surface area contributed by atoms with Gasteiger partial charge in [-0.15, -0.1) is 0 Å². The van der Waals surface area contributed by atoms with Crippen LogP contribution in [0.15, 0.2) is 30.3 Å². The lowest BCUT2D eigenvalue weighted by Crippen LogP contribution is -2.39. The van der Waals surface area contributed by atoms with Gasteiger partial charge in [0.2, 0.25) is 0 Å². The van der Waals surface area contributed by atoms with E-state index in [1.54, 1.807) is 0 Å². The predicted molar refractivity (Wildman–Crippen MR) is 84.7 cm³/mol. The van der Waals surface area contributed by atoms with Gasteiger partial charge in [0.1, 0.15) is 0 Å². The lowest BCUT2D eigenvalue weighted by molar-refractivity contribution is 0.126. The maximum Gasteiger partial charge on any atom is 0.0236 e. The molecule has 0 spiro atoms. The Morgan fingerprint density at radius 2 is 1.95 bits per heavy atom. The molecule has 0 saturated carbocycles. The Hall–Kier alpha value is -0.860. The van der Waals surface area contributed by atoms with Gasteiger partial charge < -0.3 is 5.32 Å². The van der Waals surface area contributed by atoms with Crippen molar-refractivity contribution in [3.63, 3.8) is 0 Å². The summed E-state index contributed by atoms with van der Waals surface area (Å²) in [6.07, 6.45) is 8.44. The Kier molecular flexibility index (Phi) is 5.10.